The van der Waals surface area contributed by atoms with Crippen molar-refractivity contribution in [1.29, 1.82) is 0 Å². The highest BCUT2D eigenvalue weighted by molar-refractivity contribution is 7.09. The molecule has 6 nitrogen and oxygen atoms in total. The maximum atomic E-state index is 12.5. The molecular weight excluding hydrogens is 322 g/mol. The van der Waals surface area contributed by atoms with Crippen molar-refractivity contribution in [3.05, 3.63) is 34.0 Å². The lowest BCUT2D eigenvalue weighted by atomic mass is 9.84. The topological polar surface area (TPSA) is 65.1 Å². The monoisotopic (exact) mass is 345 g/mol. The number of hydrogen-bond acceptors (Lipinski definition) is 5. The van der Waals surface area contributed by atoms with E-state index in [9.17, 15) is 4.79 Å². The number of rotatable bonds is 3. The van der Waals surface area contributed by atoms with Gasteiger partial charge in [-0.25, -0.2) is 4.98 Å². The van der Waals surface area contributed by atoms with Crippen molar-refractivity contribution in [2.45, 2.75) is 44.7 Å². The van der Waals surface area contributed by atoms with Crippen LogP contribution in [-0.4, -0.2) is 56.1 Å². The molecule has 1 N–H and O–H groups in total. The van der Waals surface area contributed by atoms with Crippen LogP contribution in [0.25, 0.3) is 0 Å². The quantitative estimate of drug-likeness (QED) is 0.928. The number of carbonyl (C=O) groups is 1. The molecule has 0 radical (unpaired) electrons. The number of aromatic amines is 1. The van der Waals surface area contributed by atoms with Gasteiger partial charge in [-0.1, -0.05) is 0 Å². The summed E-state index contributed by atoms with van der Waals surface area (Å²) in [6, 6.07) is 1.75. The van der Waals surface area contributed by atoms with E-state index < -0.39 is 0 Å². The number of carbonyl (C=O) groups excluding carboxylic acids is 1. The number of nitrogens with zero attached hydrogens (tertiary/aromatic N) is 4. The fourth-order valence-electron chi connectivity index (χ4n) is 4.16. The molecule has 0 bridgehead atoms. The SMILES string of the molecule is Cc1nc(CN2CCCC23CCN(C(=O)c2ccn[nH]2)CC3)cs1. The summed E-state index contributed by atoms with van der Waals surface area (Å²) < 4.78 is 0. The first-order chi connectivity index (χ1) is 11.7. The number of aromatic nitrogens is 3. The number of aryl methyl sites for hydroxylation is 1. The molecule has 0 aliphatic carbocycles. The van der Waals surface area contributed by atoms with E-state index in [0.29, 0.717) is 5.69 Å². The van der Waals surface area contributed by atoms with E-state index >= 15 is 0 Å². The molecular formula is C17H23N5OS. The number of H-pyrrole nitrogens is 1. The predicted molar refractivity (Wildman–Crippen MR) is 93.0 cm³/mol. The van der Waals surface area contributed by atoms with E-state index in [1.165, 1.54) is 18.5 Å². The Balaban J connectivity index is 1.42. The zero-order chi connectivity index (χ0) is 16.6. The molecule has 1 spiro atoms. The summed E-state index contributed by atoms with van der Waals surface area (Å²) >= 11 is 1.73. The van der Waals surface area contributed by atoms with Gasteiger partial charge in [-0.3, -0.25) is 14.8 Å². The van der Waals surface area contributed by atoms with Crippen LogP contribution in [-0.2, 0) is 6.54 Å². The molecule has 0 aromatic carbocycles. The molecule has 2 aliphatic rings. The number of likely N-dealkylation sites (tertiary alicyclic amines) is 2. The van der Waals surface area contributed by atoms with Crippen molar-refractivity contribution in [1.82, 2.24) is 25.0 Å². The molecule has 128 valence electrons. The first-order valence-corrected chi connectivity index (χ1v) is 9.49. The van der Waals surface area contributed by atoms with Crippen LogP contribution in [0.4, 0.5) is 0 Å². The standard InChI is InChI=1S/C17H23N5OS/c1-13-19-14(12-24-13)11-22-8-2-4-17(22)5-9-21(10-6-17)16(23)15-3-7-18-20-15/h3,7,12H,2,4-6,8-11H2,1H3,(H,18,20). The lowest BCUT2D eigenvalue weighted by Crippen LogP contribution is -2.53. The van der Waals surface area contributed by atoms with Crippen LogP contribution in [0.5, 0.6) is 0 Å². The number of piperidine rings is 1. The highest BCUT2D eigenvalue weighted by Crippen LogP contribution is 2.39. The minimum absolute atomic E-state index is 0.0713. The smallest absolute Gasteiger partial charge is 0.271 e. The molecule has 2 saturated heterocycles. The third-order valence-corrected chi connectivity index (χ3v) is 6.30. The van der Waals surface area contributed by atoms with Crippen molar-refractivity contribution in [2.24, 2.45) is 0 Å². The lowest BCUT2D eigenvalue weighted by Gasteiger charge is -2.45. The first kappa shape index (κ1) is 15.8. The Bertz CT molecular complexity index is 702. The predicted octanol–water partition coefficient (Wildman–Crippen LogP) is 2.45. The Labute approximate surface area is 145 Å². The molecule has 7 heteroatoms. The van der Waals surface area contributed by atoms with Gasteiger partial charge in [0, 0.05) is 36.8 Å². The Hall–Kier alpha value is -1.73. The molecule has 0 atom stereocenters. The van der Waals surface area contributed by atoms with E-state index in [0.717, 1.165) is 44.0 Å². The Morgan fingerprint density at radius 2 is 2.17 bits per heavy atom. The molecule has 2 aromatic rings. The number of nitrogens with one attached hydrogen (secondary N) is 1. The second-order valence-electron chi connectivity index (χ2n) is 6.87. The third-order valence-electron chi connectivity index (χ3n) is 5.47. The van der Waals surface area contributed by atoms with Crippen LogP contribution in [0, 0.1) is 6.92 Å². The zero-order valence-electron chi connectivity index (χ0n) is 14.0. The third kappa shape index (κ3) is 2.86. The van der Waals surface area contributed by atoms with Gasteiger partial charge >= 0.3 is 0 Å². The van der Waals surface area contributed by atoms with E-state index in [-0.39, 0.29) is 11.4 Å². The fraction of sp³-hybridized carbons (Fsp3) is 0.588. The van der Waals surface area contributed by atoms with E-state index in [2.05, 4.69) is 32.4 Å². The molecule has 24 heavy (non-hydrogen) atoms. The molecule has 2 aliphatic heterocycles. The Kier molecular flexibility index (Phi) is 4.14. The molecule has 4 rings (SSSR count). The average molecular weight is 345 g/mol. The summed E-state index contributed by atoms with van der Waals surface area (Å²) in [5.41, 5.74) is 2.03. The van der Waals surface area contributed by atoms with E-state index in [4.69, 9.17) is 0 Å². The summed E-state index contributed by atoms with van der Waals surface area (Å²) in [4.78, 5) is 21.7. The minimum Gasteiger partial charge on any atom is -0.337 e. The molecule has 0 unspecified atom stereocenters. The van der Waals surface area contributed by atoms with E-state index in [1.54, 1.807) is 23.6 Å². The van der Waals surface area contributed by atoms with Crippen LogP contribution in [0.2, 0.25) is 0 Å². The van der Waals surface area contributed by atoms with Gasteiger partial charge in [0.2, 0.25) is 0 Å². The van der Waals surface area contributed by atoms with Crippen LogP contribution >= 0.6 is 11.3 Å². The Morgan fingerprint density at radius 1 is 1.33 bits per heavy atom. The van der Waals surface area contributed by atoms with Crippen molar-refractivity contribution < 1.29 is 4.79 Å². The van der Waals surface area contributed by atoms with Crippen molar-refractivity contribution in [3.8, 4) is 0 Å². The number of amides is 1. The fourth-order valence-corrected chi connectivity index (χ4v) is 4.76. The molecule has 2 aromatic heterocycles. The second-order valence-corrected chi connectivity index (χ2v) is 7.93. The summed E-state index contributed by atoms with van der Waals surface area (Å²) in [7, 11) is 0. The zero-order valence-corrected chi connectivity index (χ0v) is 14.8. The second kappa shape index (κ2) is 6.29. The van der Waals surface area contributed by atoms with Gasteiger partial charge in [0.05, 0.1) is 10.7 Å². The summed E-state index contributed by atoms with van der Waals surface area (Å²) in [6.07, 6.45) is 6.22. The van der Waals surface area contributed by atoms with Gasteiger partial charge in [0.15, 0.2) is 0 Å². The molecule has 4 heterocycles. The Morgan fingerprint density at radius 3 is 2.83 bits per heavy atom. The maximum Gasteiger partial charge on any atom is 0.271 e. The minimum atomic E-state index is 0.0713. The van der Waals surface area contributed by atoms with Gasteiger partial charge in [-0.2, -0.15) is 5.10 Å². The van der Waals surface area contributed by atoms with Crippen LogP contribution in [0.3, 0.4) is 0 Å². The van der Waals surface area contributed by atoms with Crippen molar-refractivity contribution in [2.75, 3.05) is 19.6 Å². The highest BCUT2D eigenvalue weighted by Gasteiger charge is 2.43. The summed E-state index contributed by atoms with van der Waals surface area (Å²) in [5.74, 6) is 0.0713. The molecule has 0 saturated carbocycles. The normalized spacial score (nSPS) is 20.8. The number of thiazole rings is 1. The van der Waals surface area contributed by atoms with Gasteiger partial charge in [-0.05, 0) is 45.2 Å². The van der Waals surface area contributed by atoms with Gasteiger partial charge in [0.25, 0.3) is 5.91 Å². The first-order valence-electron chi connectivity index (χ1n) is 8.61. The van der Waals surface area contributed by atoms with Crippen LogP contribution in [0.1, 0.15) is 46.9 Å². The molecule has 2 fully saturated rings. The van der Waals surface area contributed by atoms with Crippen LogP contribution in [0.15, 0.2) is 17.6 Å². The largest absolute Gasteiger partial charge is 0.337 e. The summed E-state index contributed by atoms with van der Waals surface area (Å²) in [5, 5.41) is 9.98. The average Bonchev–Trinajstić information content (AvgIpc) is 3.32. The van der Waals surface area contributed by atoms with Crippen molar-refractivity contribution in [3.63, 3.8) is 0 Å². The van der Waals surface area contributed by atoms with Gasteiger partial charge in [-0.15, -0.1) is 11.3 Å². The van der Waals surface area contributed by atoms with Gasteiger partial charge < -0.3 is 4.90 Å². The number of hydrogen-bond donors (Lipinski definition) is 1. The summed E-state index contributed by atoms with van der Waals surface area (Å²) in [6.45, 7) is 5.80. The van der Waals surface area contributed by atoms with Gasteiger partial charge in [0.1, 0.15) is 5.69 Å². The van der Waals surface area contributed by atoms with E-state index in [1.807, 2.05) is 4.90 Å². The van der Waals surface area contributed by atoms with Crippen molar-refractivity contribution >= 4 is 17.2 Å². The lowest BCUT2D eigenvalue weighted by molar-refractivity contribution is 0.0376. The highest BCUT2D eigenvalue weighted by atomic mass is 32.1. The van der Waals surface area contributed by atoms with Crippen LogP contribution < -0.4 is 0 Å². The maximum absolute atomic E-state index is 12.5. The molecule has 1 amide bonds.